The number of hydrogen-bond donors (Lipinski definition) is 19. The lowest BCUT2D eigenvalue weighted by molar-refractivity contribution is -0.144. The summed E-state index contributed by atoms with van der Waals surface area (Å²) >= 11 is 0. The quantitative estimate of drug-likeness (QED) is 0.0178. The van der Waals surface area contributed by atoms with Crippen molar-refractivity contribution in [3.8, 4) is 0 Å². The third-order valence-electron chi connectivity index (χ3n) is 14.1. The van der Waals surface area contributed by atoms with E-state index in [2.05, 4.69) is 67.8 Å². The van der Waals surface area contributed by atoms with Gasteiger partial charge in [0.1, 0.15) is 48.3 Å². The Balaban J connectivity index is 1.37. The number of nitrogens with one attached hydrogen (secondary N) is 12. The van der Waals surface area contributed by atoms with Crippen molar-refractivity contribution in [2.24, 2.45) is 17.4 Å². The van der Waals surface area contributed by atoms with Gasteiger partial charge in [-0.05, 0) is 54.9 Å². The highest BCUT2D eigenvalue weighted by molar-refractivity contribution is 5.99. The second-order valence-corrected chi connectivity index (χ2v) is 21.5. The largest absolute Gasteiger partial charge is 0.481 e. The van der Waals surface area contributed by atoms with Crippen LogP contribution in [0.3, 0.4) is 0 Å². The average Bonchev–Trinajstić information content (AvgIpc) is 3.50. The monoisotopic (exact) mass is 1260 g/mol. The number of carboxylic acid groups (broad SMARTS) is 3. The number of aliphatic hydroxyl groups excluding tert-OH is 2. The molecule has 0 aliphatic rings. The van der Waals surface area contributed by atoms with Gasteiger partial charge in [0.25, 0.3) is 0 Å². The first-order valence-corrected chi connectivity index (χ1v) is 28.5. The number of primary amides is 1. The molecule has 0 radical (unpaired) electrons. The zero-order chi connectivity index (χ0) is 66.2. The van der Waals surface area contributed by atoms with Crippen LogP contribution in [0, 0.1) is 5.92 Å². The molecule has 0 aliphatic carbocycles. The van der Waals surface area contributed by atoms with E-state index in [-0.39, 0.29) is 25.2 Å². The number of rotatable bonds is 38. The number of aromatic amines is 3. The van der Waals surface area contributed by atoms with Crippen LogP contribution < -0.4 is 59.3 Å². The Morgan fingerprint density at radius 3 is 1.34 bits per heavy atom. The van der Waals surface area contributed by atoms with Crippen LogP contribution in [0.5, 0.6) is 0 Å². The molecule has 0 unspecified atom stereocenters. The van der Waals surface area contributed by atoms with Gasteiger partial charge in [-0.2, -0.15) is 0 Å². The molecule has 0 saturated heterocycles. The Morgan fingerprint density at radius 2 is 0.911 bits per heavy atom. The van der Waals surface area contributed by atoms with Crippen LogP contribution in [0.1, 0.15) is 75.6 Å². The first-order valence-electron chi connectivity index (χ1n) is 28.5. The number of carbonyl (C=O) groups is 13. The number of benzene rings is 2. The van der Waals surface area contributed by atoms with Crippen molar-refractivity contribution in [1.29, 1.82) is 0 Å². The van der Waals surface area contributed by atoms with E-state index in [1.165, 1.54) is 18.7 Å². The SMILES string of the molecule is CC(C)C[C@H](NC(=O)CNC(=O)[C@@H](N)Cc1cnc[nH]1)C(=O)N[C@@H](Cc1c[nH]c2ccccc12)C(=O)N[C@@H](CO)C(=O)N[C@@H](CCC(=O)O)C(=O)N[C@@H](Cc1c[nH]c2ccccc12)C(=O)N[C@@H](CO)C(=O)N[C@@H](CCC(N)=O)C(=O)N[C@@H](CCC(=O)O)C(=O)O. The lowest BCUT2D eigenvalue weighted by atomic mass is 10.0. The second kappa shape index (κ2) is 34.3. The number of fused-ring (bicyclic) bond motifs is 2. The van der Waals surface area contributed by atoms with E-state index in [0.29, 0.717) is 38.6 Å². The van der Waals surface area contributed by atoms with E-state index in [0.717, 1.165) is 0 Å². The number of H-pyrrole nitrogens is 3. The maximum absolute atomic E-state index is 14.5. The Labute approximate surface area is 512 Å². The summed E-state index contributed by atoms with van der Waals surface area (Å²) < 4.78 is 0. The Morgan fingerprint density at radius 1 is 0.500 bits per heavy atom. The molecule has 5 rings (SSSR count). The summed E-state index contributed by atoms with van der Waals surface area (Å²) in [6, 6.07) is -1.20. The van der Waals surface area contributed by atoms with Gasteiger partial charge in [0.05, 0.1) is 32.1 Å². The normalized spacial score (nSPS) is 14.2. The molecule has 3 aromatic heterocycles. The predicted octanol–water partition coefficient (Wildman–Crippen LogP) is -4.17. The molecule has 33 nitrogen and oxygen atoms in total. The molecule has 2 aromatic carbocycles. The van der Waals surface area contributed by atoms with Crippen LogP contribution in [0.15, 0.2) is 73.4 Å². The molecular weight excluding hydrogens is 1180 g/mol. The minimum atomic E-state index is -1.95. The summed E-state index contributed by atoms with van der Waals surface area (Å²) in [5.41, 5.74) is 14.0. The summed E-state index contributed by atoms with van der Waals surface area (Å²) in [5.74, 6) is -15.1. The van der Waals surface area contributed by atoms with Crippen LogP contribution in [-0.2, 0) is 81.6 Å². The number of amides is 10. The van der Waals surface area contributed by atoms with Crippen molar-refractivity contribution in [2.45, 2.75) is 132 Å². The third kappa shape index (κ3) is 21.8. The van der Waals surface area contributed by atoms with Crippen LogP contribution in [0.4, 0.5) is 0 Å². The fourth-order valence-corrected chi connectivity index (χ4v) is 9.34. The molecule has 0 saturated carbocycles. The molecular formula is C57H75N15O18. The van der Waals surface area contributed by atoms with E-state index in [1.54, 1.807) is 68.6 Å². The van der Waals surface area contributed by atoms with E-state index in [4.69, 9.17) is 16.6 Å². The number of nitrogens with zero attached hydrogens (tertiary/aromatic N) is 1. The molecule has 0 bridgehead atoms. The molecule has 10 amide bonds. The van der Waals surface area contributed by atoms with E-state index in [9.17, 15) is 82.8 Å². The maximum Gasteiger partial charge on any atom is 0.326 e. The molecule has 3 heterocycles. The Bertz CT molecular complexity index is 3370. The van der Waals surface area contributed by atoms with Crippen molar-refractivity contribution >= 4 is 98.8 Å². The van der Waals surface area contributed by atoms with Crippen LogP contribution >= 0.6 is 0 Å². The van der Waals surface area contributed by atoms with Crippen LogP contribution in [0.25, 0.3) is 21.8 Å². The molecule has 90 heavy (non-hydrogen) atoms. The third-order valence-corrected chi connectivity index (χ3v) is 14.1. The number of aliphatic hydroxyl groups is 2. The molecule has 0 fully saturated rings. The zero-order valence-corrected chi connectivity index (χ0v) is 49.0. The van der Waals surface area contributed by atoms with E-state index < -0.39 is 196 Å². The van der Waals surface area contributed by atoms with Crippen molar-refractivity contribution in [1.82, 2.24) is 67.8 Å². The molecule has 33 heteroatoms. The number of imidazole rings is 1. The highest BCUT2D eigenvalue weighted by atomic mass is 16.4. The number of aliphatic carboxylic acids is 3. The summed E-state index contributed by atoms with van der Waals surface area (Å²) in [5, 5.41) is 72.0. The summed E-state index contributed by atoms with van der Waals surface area (Å²) in [6.45, 7) is 0.623. The lowest BCUT2D eigenvalue weighted by Gasteiger charge is -2.27. The fraction of sp³-hybridized carbons (Fsp3) is 0.439. The average molecular weight is 1260 g/mol. The van der Waals surface area contributed by atoms with Gasteiger partial charge >= 0.3 is 17.9 Å². The van der Waals surface area contributed by atoms with Gasteiger partial charge in [0.2, 0.25) is 59.1 Å². The molecule has 0 spiro atoms. The van der Waals surface area contributed by atoms with E-state index >= 15 is 0 Å². The zero-order valence-electron chi connectivity index (χ0n) is 49.0. The van der Waals surface area contributed by atoms with Crippen molar-refractivity contribution in [3.05, 3.63) is 90.3 Å². The van der Waals surface area contributed by atoms with Gasteiger partial charge in [-0.15, -0.1) is 0 Å². The molecule has 486 valence electrons. The van der Waals surface area contributed by atoms with E-state index in [1.807, 2.05) is 0 Å². The first-order chi connectivity index (χ1) is 42.8. The van der Waals surface area contributed by atoms with Gasteiger partial charge in [0, 0.05) is 84.6 Å². The number of carboxylic acids is 3. The number of carbonyl (C=O) groups excluding carboxylic acids is 10. The minimum absolute atomic E-state index is 0.0351. The number of aromatic nitrogens is 4. The lowest BCUT2D eigenvalue weighted by Crippen LogP contribution is -2.61. The Kier molecular flexibility index (Phi) is 26.9. The summed E-state index contributed by atoms with van der Waals surface area (Å²) in [4.78, 5) is 184. The van der Waals surface area contributed by atoms with Crippen LogP contribution in [0.2, 0.25) is 0 Å². The van der Waals surface area contributed by atoms with Gasteiger partial charge in [-0.3, -0.25) is 57.5 Å². The smallest absolute Gasteiger partial charge is 0.326 e. The number of nitrogens with two attached hydrogens (primary N) is 2. The predicted molar refractivity (Wildman–Crippen MR) is 316 cm³/mol. The molecule has 9 atom stereocenters. The van der Waals surface area contributed by atoms with Gasteiger partial charge < -0.3 is 99.8 Å². The van der Waals surface area contributed by atoms with Crippen LogP contribution in [-0.4, -0.2) is 197 Å². The van der Waals surface area contributed by atoms with Crippen molar-refractivity contribution in [2.75, 3.05) is 19.8 Å². The fourth-order valence-electron chi connectivity index (χ4n) is 9.34. The minimum Gasteiger partial charge on any atom is -0.481 e. The van der Waals surface area contributed by atoms with Gasteiger partial charge in [0.15, 0.2) is 0 Å². The standard InChI is InChI=1S/C57H75N15O18/c1-28(2)17-40(65-46(76)24-63-49(81)34(58)20-31-23-60-27-64-31)52(84)70-42(19-30-22-62-36-10-6-4-8-33(30)36)54(86)72-44(26-74)56(88)67-38(12-15-47(77)78)51(83)69-41(18-29-21-61-35-9-5-3-7-32(29)35)53(85)71-43(25-73)55(87)66-37(11-14-45(59)75)50(82)68-39(57(89)90)13-16-48(79)80/h3-10,21-23,27-28,34,37-44,61-62,73-74H,11-20,24-26,58H2,1-2H3,(H2,59,75)(H,60,64)(H,63,81)(H,65,76)(H,66,87)(H,67,88)(H,68,82)(H,69,83)(H,70,84)(H,71,85)(H,72,86)(H,77,78)(H,79,80)(H,89,90)/t34-,37-,38-,39-,40-,41-,42-,43-,44-/m0/s1. The van der Waals surface area contributed by atoms with Gasteiger partial charge in [-0.1, -0.05) is 50.2 Å². The molecule has 21 N–H and O–H groups in total. The Hall–Kier alpha value is -10.3. The highest BCUT2D eigenvalue weighted by Crippen LogP contribution is 2.21. The maximum atomic E-state index is 14.5. The topological polar surface area (TPSA) is 544 Å². The highest BCUT2D eigenvalue weighted by Gasteiger charge is 2.36. The summed E-state index contributed by atoms with van der Waals surface area (Å²) in [7, 11) is 0. The second-order valence-electron chi connectivity index (χ2n) is 21.5. The first kappa shape index (κ1) is 70.5. The van der Waals surface area contributed by atoms with Crippen molar-refractivity contribution < 1.29 is 87.9 Å². The number of hydrogen-bond acceptors (Lipinski definition) is 17. The van der Waals surface area contributed by atoms with Crippen molar-refractivity contribution in [3.63, 3.8) is 0 Å². The molecule has 5 aromatic rings. The number of para-hydroxylation sites is 2. The van der Waals surface area contributed by atoms with Gasteiger partial charge in [-0.25, -0.2) is 9.78 Å². The summed E-state index contributed by atoms with van der Waals surface area (Å²) in [6.07, 6.45) is 1.65. The molecule has 0 aliphatic heterocycles.